The number of rotatable bonds is 1. The van der Waals surface area contributed by atoms with Gasteiger partial charge >= 0.3 is 0 Å². The predicted molar refractivity (Wildman–Crippen MR) is 43.7 cm³/mol. The largest absolute Gasteiger partial charge is 0.286 e. The van der Waals surface area contributed by atoms with E-state index in [1.165, 1.54) is 6.42 Å². The van der Waals surface area contributed by atoms with Gasteiger partial charge in [-0.3, -0.25) is 5.10 Å². The predicted octanol–water partition coefficient (Wildman–Crippen LogP) is 2.46. The summed E-state index contributed by atoms with van der Waals surface area (Å²) in [7, 11) is 0. The molecule has 58 valence electrons. The second kappa shape index (κ2) is 6.33. The molecule has 0 spiro atoms. The number of hydrogen-bond donors (Lipinski definition) is 1. The van der Waals surface area contributed by atoms with Crippen LogP contribution in [0, 0.1) is 5.92 Å². The van der Waals surface area contributed by atoms with Crippen LogP contribution in [-0.4, -0.2) is 10.2 Å². The molecule has 10 heavy (non-hydrogen) atoms. The first-order chi connectivity index (χ1) is 4.77. The minimum absolute atomic E-state index is 0.884. The fourth-order valence-electron chi connectivity index (χ4n) is 0.215. The van der Waals surface area contributed by atoms with Gasteiger partial charge in [-0.2, -0.15) is 5.10 Å². The van der Waals surface area contributed by atoms with Crippen LogP contribution in [0.3, 0.4) is 0 Å². The van der Waals surface area contributed by atoms with Gasteiger partial charge in [0.1, 0.15) is 0 Å². The first kappa shape index (κ1) is 9.21. The standard InChI is InChI=1S/C5H12.C3H4N2/c1-4-5(2)3;1-2-4-5-3-1/h5H,4H2,1-3H3;1-3H,(H,4,5). The summed E-state index contributed by atoms with van der Waals surface area (Å²) in [5.74, 6) is 0.884. The molecule has 0 aliphatic heterocycles. The molecule has 0 saturated carbocycles. The van der Waals surface area contributed by atoms with Crippen LogP contribution < -0.4 is 0 Å². The molecule has 2 heteroatoms. The smallest absolute Gasteiger partial charge is 0.0487 e. The molecule has 1 aromatic rings. The van der Waals surface area contributed by atoms with E-state index in [1.807, 2.05) is 6.07 Å². The van der Waals surface area contributed by atoms with Crippen molar-refractivity contribution < 1.29 is 0 Å². The summed E-state index contributed by atoms with van der Waals surface area (Å²) in [6.07, 6.45) is 4.76. The summed E-state index contributed by atoms with van der Waals surface area (Å²) in [4.78, 5) is 0. The molecule has 0 radical (unpaired) electrons. The zero-order chi connectivity index (χ0) is 7.82. The van der Waals surface area contributed by atoms with Crippen molar-refractivity contribution in [2.45, 2.75) is 27.2 Å². The fraction of sp³-hybridized carbons (Fsp3) is 0.625. The molecule has 0 atom stereocenters. The minimum atomic E-state index is 0.884. The van der Waals surface area contributed by atoms with E-state index in [0.29, 0.717) is 0 Å². The Morgan fingerprint density at radius 2 is 2.10 bits per heavy atom. The minimum Gasteiger partial charge on any atom is -0.286 e. The lowest BCUT2D eigenvalue weighted by atomic mass is 10.2. The van der Waals surface area contributed by atoms with Crippen LogP contribution in [0.2, 0.25) is 0 Å². The number of aromatic amines is 1. The van der Waals surface area contributed by atoms with E-state index in [-0.39, 0.29) is 0 Å². The van der Waals surface area contributed by atoms with Crippen LogP contribution in [0.25, 0.3) is 0 Å². The molecule has 1 aromatic heterocycles. The van der Waals surface area contributed by atoms with Crippen LogP contribution in [-0.2, 0) is 0 Å². The van der Waals surface area contributed by atoms with Gasteiger partial charge in [-0.05, 0) is 12.0 Å². The number of nitrogens with one attached hydrogen (secondary N) is 1. The molecule has 2 nitrogen and oxygen atoms in total. The van der Waals surface area contributed by atoms with E-state index < -0.39 is 0 Å². The van der Waals surface area contributed by atoms with E-state index in [2.05, 4.69) is 31.0 Å². The summed E-state index contributed by atoms with van der Waals surface area (Å²) in [6.45, 7) is 6.64. The average Bonchev–Trinajstić information content (AvgIpc) is 2.43. The van der Waals surface area contributed by atoms with Crippen molar-refractivity contribution in [2.24, 2.45) is 5.92 Å². The molecule has 0 aliphatic rings. The third-order valence-electron chi connectivity index (χ3n) is 1.22. The van der Waals surface area contributed by atoms with Gasteiger partial charge in [-0.25, -0.2) is 0 Å². The van der Waals surface area contributed by atoms with Gasteiger partial charge in [0, 0.05) is 12.4 Å². The van der Waals surface area contributed by atoms with Crippen molar-refractivity contribution in [1.82, 2.24) is 10.2 Å². The summed E-state index contributed by atoms with van der Waals surface area (Å²) in [5, 5.41) is 6.21. The van der Waals surface area contributed by atoms with Crippen molar-refractivity contribution in [3.8, 4) is 0 Å². The van der Waals surface area contributed by atoms with Gasteiger partial charge in [0.2, 0.25) is 0 Å². The summed E-state index contributed by atoms with van der Waals surface area (Å²) in [6, 6.07) is 1.83. The molecule has 1 rings (SSSR count). The van der Waals surface area contributed by atoms with Crippen molar-refractivity contribution in [3.05, 3.63) is 18.5 Å². The monoisotopic (exact) mass is 140 g/mol. The molecule has 0 unspecified atom stereocenters. The Balaban J connectivity index is 0.000000162. The van der Waals surface area contributed by atoms with E-state index >= 15 is 0 Å². The number of H-pyrrole nitrogens is 1. The van der Waals surface area contributed by atoms with Crippen molar-refractivity contribution >= 4 is 0 Å². The van der Waals surface area contributed by atoms with E-state index in [1.54, 1.807) is 12.4 Å². The summed E-state index contributed by atoms with van der Waals surface area (Å²) in [5.41, 5.74) is 0. The summed E-state index contributed by atoms with van der Waals surface area (Å²) < 4.78 is 0. The van der Waals surface area contributed by atoms with E-state index in [0.717, 1.165) is 5.92 Å². The highest BCUT2D eigenvalue weighted by molar-refractivity contribution is 4.72. The third-order valence-corrected chi connectivity index (χ3v) is 1.22. The summed E-state index contributed by atoms with van der Waals surface area (Å²) >= 11 is 0. The number of aromatic nitrogens is 2. The van der Waals surface area contributed by atoms with Crippen LogP contribution in [0.1, 0.15) is 27.2 Å². The molecule has 0 bridgehead atoms. The van der Waals surface area contributed by atoms with Crippen molar-refractivity contribution in [1.29, 1.82) is 0 Å². The second-order valence-corrected chi connectivity index (χ2v) is 2.57. The molecule has 1 N–H and O–H groups in total. The highest BCUT2D eigenvalue weighted by atomic mass is 15.1. The van der Waals surface area contributed by atoms with Gasteiger partial charge in [0.15, 0.2) is 0 Å². The van der Waals surface area contributed by atoms with Crippen LogP contribution in [0.15, 0.2) is 18.5 Å². The zero-order valence-electron chi connectivity index (χ0n) is 6.96. The average molecular weight is 140 g/mol. The Hall–Kier alpha value is -0.790. The SMILES string of the molecule is CCC(C)C.c1cn[nH]c1. The fourth-order valence-corrected chi connectivity index (χ4v) is 0.215. The molecular weight excluding hydrogens is 124 g/mol. The lowest BCUT2D eigenvalue weighted by Crippen LogP contribution is -1.77. The lowest BCUT2D eigenvalue weighted by Gasteiger charge is -1.90. The molecule has 0 fully saturated rings. The Labute approximate surface area is 62.7 Å². The molecule has 1 heterocycles. The molecule has 0 saturated heterocycles. The second-order valence-electron chi connectivity index (χ2n) is 2.57. The maximum atomic E-state index is 3.60. The molecule has 0 aliphatic carbocycles. The number of nitrogens with zero attached hydrogens (tertiary/aromatic N) is 1. The van der Waals surface area contributed by atoms with E-state index in [9.17, 15) is 0 Å². The van der Waals surface area contributed by atoms with Crippen molar-refractivity contribution in [3.63, 3.8) is 0 Å². The maximum Gasteiger partial charge on any atom is 0.0487 e. The molecule has 0 amide bonds. The highest BCUT2D eigenvalue weighted by Crippen LogP contribution is 1.93. The quantitative estimate of drug-likeness (QED) is 0.637. The van der Waals surface area contributed by atoms with Crippen LogP contribution in [0.5, 0.6) is 0 Å². The van der Waals surface area contributed by atoms with Crippen LogP contribution >= 0.6 is 0 Å². The van der Waals surface area contributed by atoms with Gasteiger partial charge in [-0.1, -0.05) is 27.2 Å². The number of hydrogen-bond acceptors (Lipinski definition) is 1. The topological polar surface area (TPSA) is 28.7 Å². The zero-order valence-corrected chi connectivity index (χ0v) is 6.96. The Morgan fingerprint density at radius 1 is 1.50 bits per heavy atom. The Bertz CT molecular complexity index is 105. The van der Waals surface area contributed by atoms with Gasteiger partial charge in [0.05, 0.1) is 0 Å². The normalized spacial score (nSPS) is 8.80. The molecule has 0 aromatic carbocycles. The van der Waals surface area contributed by atoms with Crippen LogP contribution in [0.4, 0.5) is 0 Å². The van der Waals surface area contributed by atoms with Gasteiger partial charge < -0.3 is 0 Å². The van der Waals surface area contributed by atoms with E-state index in [4.69, 9.17) is 0 Å². The van der Waals surface area contributed by atoms with Gasteiger partial charge in [0.25, 0.3) is 0 Å². The first-order valence-corrected chi connectivity index (χ1v) is 3.71. The lowest BCUT2D eigenvalue weighted by molar-refractivity contribution is 0.626. The first-order valence-electron chi connectivity index (χ1n) is 3.71. The Kier molecular flexibility index (Phi) is 5.83. The Morgan fingerprint density at radius 3 is 2.20 bits per heavy atom. The van der Waals surface area contributed by atoms with Gasteiger partial charge in [-0.15, -0.1) is 0 Å². The maximum absolute atomic E-state index is 3.60. The highest BCUT2D eigenvalue weighted by Gasteiger charge is 1.80. The van der Waals surface area contributed by atoms with Crippen molar-refractivity contribution in [2.75, 3.05) is 0 Å². The molecular formula is C8H16N2. The third kappa shape index (κ3) is 7.21.